The molecule has 1 heterocycles. The third kappa shape index (κ3) is 2.66. The zero-order chi connectivity index (χ0) is 15.1. The van der Waals surface area contributed by atoms with Gasteiger partial charge in [0.25, 0.3) is 0 Å². The summed E-state index contributed by atoms with van der Waals surface area (Å²) in [5.74, 6) is -3.93. The van der Waals surface area contributed by atoms with Crippen molar-refractivity contribution < 1.29 is 13.2 Å². The van der Waals surface area contributed by atoms with Gasteiger partial charge < -0.3 is 0 Å². The van der Waals surface area contributed by atoms with E-state index in [0.717, 1.165) is 6.07 Å². The molecule has 0 radical (unpaired) electrons. The summed E-state index contributed by atoms with van der Waals surface area (Å²) in [6.45, 7) is 6.98. The van der Waals surface area contributed by atoms with E-state index in [1.165, 1.54) is 0 Å². The predicted molar refractivity (Wildman–Crippen MR) is 69.5 cm³/mol. The van der Waals surface area contributed by atoms with E-state index in [-0.39, 0.29) is 11.1 Å². The normalized spacial score (nSPS) is 23.9. The van der Waals surface area contributed by atoms with Crippen LogP contribution in [0.1, 0.15) is 32.3 Å². The summed E-state index contributed by atoms with van der Waals surface area (Å²) < 4.78 is 40.2. The first-order chi connectivity index (χ1) is 9.24. The minimum atomic E-state index is -1.20. The van der Waals surface area contributed by atoms with E-state index in [9.17, 15) is 18.4 Å². The van der Waals surface area contributed by atoms with Crippen molar-refractivity contribution in [1.82, 2.24) is 4.90 Å². The highest BCUT2D eigenvalue weighted by Gasteiger charge is 2.39. The Morgan fingerprint density at radius 1 is 1.10 bits per heavy atom. The van der Waals surface area contributed by atoms with Gasteiger partial charge in [0.05, 0.1) is 12.0 Å². The van der Waals surface area contributed by atoms with E-state index in [1.54, 1.807) is 0 Å². The van der Waals surface area contributed by atoms with Crippen molar-refractivity contribution in [3.05, 3.63) is 35.1 Å². The molecule has 0 saturated carbocycles. The molecular weight excluding hydrogens is 265 g/mol. The molecule has 0 spiro atoms. The van der Waals surface area contributed by atoms with E-state index in [2.05, 4.69) is 11.0 Å². The van der Waals surface area contributed by atoms with Crippen molar-refractivity contribution in [1.29, 1.82) is 5.26 Å². The van der Waals surface area contributed by atoms with Crippen LogP contribution in [0.15, 0.2) is 12.1 Å². The summed E-state index contributed by atoms with van der Waals surface area (Å²) in [7, 11) is 0. The van der Waals surface area contributed by atoms with Crippen LogP contribution in [0, 0.1) is 34.7 Å². The average molecular weight is 282 g/mol. The van der Waals surface area contributed by atoms with Crippen molar-refractivity contribution >= 4 is 0 Å². The highest BCUT2D eigenvalue weighted by Crippen LogP contribution is 2.37. The Labute approximate surface area is 116 Å². The van der Waals surface area contributed by atoms with Gasteiger partial charge in [-0.25, -0.2) is 13.2 Å². The highest BCUT2D eigenvalue weighted by atomic mass is 19.2. The SMILES string of the molecule is CC(C)(C)N1C[C@H](c2cc(F)c(F)cc2F)[C@@H](C#N)C1. The van der Waals surface area contributed by atoms with Crippen LogP contribution in [0.2, 0.25) is 0 Å². The molecule has 0 N–H and O–H groups in total. The third-order valence-electron chi connectivity index (χ3n) is 3.87. The first kappa shape index (κ1) is 14.9. The zero-order valence-corrected chi connectivity index (χ0v) is 11.8. The molecule has 1 aromatic carbocycles. The number of hydrogen-bond acceptors (Lipinski definition) is 2. The summed E-state index contributed by atoms with van der Waals surface area (Å²) in [6.07, 6.45) is 0. The molecule has 1 aliphatic rings. The van der Waals surface area contributed by atoms with Crippen LogP contribution < -0.4 is 0 Å². The van der Waals surface area contributed by atoms with Crippen molar-refractivity contribution in [2.24, 2.45) is 5.92 Å². The number of rotatable bonds is 1. The molecule has 2 nitrogen and oxygen atoms in total. The number of nitrogens with zero attached hydrogens (tertiary/aromatic N) is 2. The molecule has 1 aliphatic heterocycles. The van der Waals surface area contributed by atoms with Gasteiger partial charge >= 0.3 is 0 Å². The Morgan fingerprint density at radius 2 is 1.70 bits per heavy atom. The molecule has 108 valence electrons. The van der Waals surface area contributed by atoms with E-state index in [4.69, 9.17) is 0 Å². The van der Waals surface area contributed by atoms with Crippen LogP contribution in [0.5, 0.6) is 0 Å². The number of likely N-dealkylation sites (tertiary alicyclic amines) is 1. The van der Waals surface area contributed by atoms with Gasteiger partial charge in [-0.15, -0.1) is 0 Å². The van der Waals surface area contributed by atoms with Gasteiger partial charge in [0.1, 0.15) is 5.82 Å². The maximum Gasteiger partial charge on any atom is 0.161 e. The van der Waals surface area contributed by atoms with Gasteiger partial charge in [-0.3, -0.25) is 4.90 Å². The van der Waals surface area contributed by atoms with E-state index in [0.29, 0.717) is 19.2 Å². The summed E-state index contributed by atoms with van der Waals surface area (Å²) in [4.78, 5) is 2.06. The lowest BCUT2D eigenvalue weighted by Crippen LogP contribution is -2.39. The lowest BCUT2D eigenvalue weighted by atomic mass is 9.89. The fourth-order valence-corrected chi connectivity index (χ4v) is 2.62. The van der Waals surface area contributed by atoms with E-state index in [1.807, 2.05) is 20.8 Å². The van der Waals surface area contributed by atoms with Crippen LogP contribution >= 0.6 is 0 Å². The van der Waals surface area contributed by atoms with Crippen LogP contribution in [-0.2, 0) is 0 Å². The number of halogens is 3. The quantitative estimate of drug-likeness (QED) is 0.738. The second-order valence-corrected chi connectivity index (χ2v) is 6.21. The summed E-state index contributed by atoms with van der Waals surface area (Å²) >= 11 is 0. The topological polar surface area (TPSA) is 27.0 Å². The molecule has 0 amide bonds. The maximum absolute atomic E-state index is 13.9. The third-order valence-corrected chi connectivity index (χ3v) is 3.87. The van der Waals surface area contributed by atoms with Gasteiger partial charge in [0.15, 0.2) is 11.6 Å². The number of hydrogen-bond donors (Lipinski definition) is 0. The van der Waals surface area contributed by atoms with Crippen LogP contribution in [0.3, 0.4) is 0 Å². The molecule has 2 rings (SSSR count). The molecule has 1 saturated heterocycles. The van der Waals surface area contributed by atoms with Crippen molar-refractivity contribution in [3.8, 4) is 6.07 Å². The molecule has 5 heteroatoms. The fraction of sp³-hybridized carbons (Fsp3) is 0.533. The Hall–Kier alpha value is -1.54. The molecule has 0 bridgehead atoms. The molecule has 0 aromatic heterocycles. The summed E-state index contributed by atoms with van der Waals surface area (Å²) in [5.41, 5.74) is -0.0685. The van der Waals surface area contributed by atoms with Crippen molar-refractivity contribution in [2.45, 2.75) is 32.2 Å². The lowest BCUT2D eigenvalue weighted by molar-refractivity contribution is 0.170. The second-order valence-electron chi connectivity index (χ2n) is 6.21. The fourth-order valence-electron chi connectivity index (χ4n) is 2.62. The zero-order valence-electron chi connectivity index (χ0n) is 11.8. The Kier molecular flexibility index (Phi) is 3.79. The molecule has 1 aromatic rings. The second kappa shape index (κ2) is 5.10. The van der Waals surface area contributed by atoms with Gasteiger partial charge in [-0.1, -0.05) is 0 Å². The van der Waals surface area contributed by atoms with Crippen LogP contribution in [0.4, 0.5) is 13.2 Å². The van der Waals surface area contributed by atoms with Gasteiger partial charge in [-0.2, -0.15) is 5.26 Å². The van der Waals surface area contributed by atoms with Gasteiger partial charge in [-0.05, 0) is 32.4 Å². The Bertz CT molecular complexity index is 557. The number of nitriles is 1. The van der Waals surface area contributed by atoms with E-state index < -0.39 is 29.3 Å². The molecule has 20 heavy (non-hydrogen) atoms. The molecule has 0 aliphatic carbocycles. The van der Waals surface area contributed by atoms with E-state index >= 15 is 0 Å². The van der Waals surface area contributed by atoms with Gasteiger partial charge in [0, 0.05) is 30.6 Å². The summed E-state index contributed by atoms with van der Waals surface area (Å²) in [6, 6.07) is 3.59. The average Bonchev–Trinajstić information content (AvgIpc) is 2.77. The Morgan fingerprint density at radius 3 is 2.25 bits per heavy atom. The standard InChI is InChI=1S/C15H17F3N2/c1-15(2,3)20-7-9(6-19)11(8-20)10-4-13(17)14(18)5-12(10)16/h4-5,9,11H,7-8H2,1-3H3/t9-,11-/m0/s1. The van der Waals surface area contributed by atoms with Crippen molar-refractivity contribution in [3.63, 3.8) is 0 Å². The first-order valence-corrected chi connectivity index (χ1v) is 6.53. The minimum absolute atomic E-state index is 0.0854. The largest absolute Gasteiger partial charge is 0.297 e. The molecular formula is C15H17F3N2. The lowest BCUT2D eigenvalue weighted by Gasteiger charge is -2.31. The molecule has 0 unspecified atom stereocenters. The predicted octanol–water partition coefficient (Wildman–Crippen LogP) is 3.44. The first-order valence-electron chi connectivity index (χ1n) is 6.53. The van der Waals surface area contributed by atoms with Crippen molar-refractivity contribution in [2.75, 3.05) is 13.1 Å². The highest BCUT2D eigenvalue weighted by molar-refractivity contribution is 5.28. The van der Waals surface area contributed by atoms with Crippen LogP contribution in [0.25, 0.3) is 0 Å². The maximum atomic E-state index is 13.9. The minimum Gasteiger partial charge on any atom is -0.297 e. The molecule has 1 fully saturated rings. The van der Waals surface area contributed by atoms with Gasteiger partial charge in [0.2, 0.25) is 0 Å². The monoisotopic (exact) mass is 282 g/mol. The molecule has 2 atom stereocenters. The number of benzene rings is 1. The smallest absolute Gasteiger partial charge is 0.161 e. The summed E-state index contributed by atoms with van der Waals surface area (Å²) in [5, 5.41) is 9.23. The van der Waals surface area contributed by atoms with Crippen LogP contribution in [-0.4, -0.2) is 23.5 Å². The Balaban J connectivity index is 2.37.